The number of aromatic nitrogens is 2. The molecule has 8 heteroatoms. The van der Waals surface area contributed by atoms with Crippen LogP contribution in [0.3, 0.4) is 0 Å². The molecule has 0 spiro atoms. The van der Waals surface area contributed by atoms with Crippen LogP contribution in [0.25, 0.3) is 11.0 Å². The minimum absolute atomic E-state index is 0.0703. The maximum atomic E-state index is 12.1. The number of hydrogen-bond donors (Lipinski definition) is 2. The molecule has 6 nitrogen and oxygen atoms in total. The van der Waals surface area contributed by atoms with E-state index in [1.54, 1.807) is 0 Å². The van der Waals surface area contributed by atoms with E-state index in [9.17, 15) is 9.59 Å². The summed E-state index contributed by atoms with van der Waals surface area (Å²) in [4.78, 5) is 28.8. The van der Waals surface area contributed by atoms with E-state index >= 15 is 0 Å². The molecule has 2 N–H and O–H groups in total. The lowest BCUT2D eigenvalue weighted by Gasteiger charge is -2.10. The number of aryl methyl sites for hydroxylation is 2. The molecule has 0 bridgehead atoms. The van der Waals surface area contributed by atoms with E-state index in [1.165, 1.54) is 11.8 Å². The van der Waals surface area contributed by atoms with E-state index in [-0.39, 0.29) is 24.1 Å². The molecule has 28 heavy (non-hydrogen) atoms. The van der Waals surface area contributed by atoms with Gasteiger partial charge >= 0.3 is 0 Å². The first-order valence-corrected chi connectivity index (χ1v) is 10.7. The lowest BCUT2D eigenvalue weighted by atomic mass is 10.2. The Kier molecular flexibility index (Phi) is 6.74. The fourth-order valence-corrected chi connectivity index (χ4v) is 4.17. The average molecular weight is 461 g/mol. The Morgan fingerprint density at radius 3 is 2.71 bits per heavy atom. The second-order valence-electron chi connectivity index (χ2n) is 6.20. The number of nitrogens with zero attached hydrogens (tertiary/aromatic N) is 2. The van der Waals surface area contributed by atoms with Gasteiger partial charge in [0.15, 0.2) is 5.16 Å². The zero-order valence-electron chi connectivity index (χ0n) is 15.7. The van der Waals surface area contributed by atoms with Gasteiger partial charge in [0.1, 0.15) is 0 Å². The molecule has 146 valence electrons. The van der Waals surface area contributed by atoms with Crippen molar-refractivity contribution in [3.8, 4) is 0 Å². The number of amides is 2. The first-order valence-electron chi connectivity index (χ1n) is 8.88. The smallest absolute Gasteiger partial charge is 0.243 e. The van der Waals surface area contributed by atoms with Crippen molar-refractivity contribution in [2.45, 2.75) is 25.5 Å². The van der Waals surface area contributed by atoms with E-state index in [2.05, 4.69) is 36.1 Å². The van der Waals surface area contributed by atoms with E-state index in [4.69, 9.17) is 0 Å². The van der Waals surface area contributed by atoms with Crippen LogP contribution in [-0.2, 0) is 16.1 Å². The van der Waals surface area contributed by atoms with Crippen molar-refractivity contribution in [1.29, 1.82) is 0 Å². The third-order valence-electron chi connectivity index (χ3n) is 4.18. The molecule has 1 aromatic heterocycles. The summed E-state index contributed by atoms with van der Waals surface area (Å²) in [7, 11) is 0. The number of carbonyl (C=O) groups is 2. The van der Waals surface area contributed by atoms with Crippen molar-refractivity contribution in [3.05, 3.63) is 52.5 Å². The van der Waals surface area contributed by atoms with Crippen LogP contribution < -0.4 is 10.6 Å². The van der Waals surface area contributed by atoms with Gasteiger partial charge in [-0.05, 0) is 49.7 Å². The maximum Gasteiger partial charge on any atom is 0.243 e. The van der Waals surface area contributed by atoms with Gasteiger partial charge in [0, 0.05) is 16.7 Å². The molecule has 0 saturated heterocycles. The third-order valence-corrected chi connectivity index (χ3v) is 5.65. The summed E-state index contributed by atoms with van der Waals surface area (Å²) >= 11 is 4.76. The van der Waals surface area contributed by atoms with Gasteiger partial charge in [-0.1, -0.05) is 39.8 Å². The number of nitrogens with one attached hydrogen (secondary N) is 2. The molecule has 1 heterocycles. The number of carbonyl (C=O) groups excluding carboxylic acids is 2. The van der Waals surface area contributed by atoms with Crippen LogP contribution in [0.1, 0.15) is 12.5 Å². The highest BCUT2D eigenvalue weighted by molar-refractivity contribution is 9.10. The van der Waals surface area contributed by atoms with Gasteiger partial charge in [0.2, 0.25) is 11.8 Å². The third kappa shape index (κ3) is 4.94. The highest BCUT2D eigenvalue weighted by atomic mass is 79.9. The highest BCUT2D eigenvalue weighted by Gasteiger charge is 2.13. The summed E-state index contributed by atoms with van der Waals surface area (Å²) < 4.78 is 3.03. The largest absolute Gasteiger partial charge is 0.346 e. The molecule has 0 aliphatic heterocycles. The molecule has 0 aliphatic carbocycles. The van der Waals surface area contributed by atoms with Crippen LogP contribution in [0, 0.1) is 6.92 Å². The monoisotopic (exact) mass is 460 g/mol. The number of hydrogen-bond acceptors (Lipinski definition) is 4. The lowest BCUT2D eigenvalue weighted by Crippen LogP contribution is -2.34. The second-order valence-corrected chi connectivity index (χ2v) is 8.06. The topological polar surface area (TPSA) is 76.0 Å². The predicted molar refractivity (Wildman–Crippen MR) is 117 cm³/mol. The summed E-state index contributed by atoms with van der Waals surface area (Å²) in [5.41, 5.74) is 3.64. The summed E-state index contributed by atoms with van der Waals surface area (Å²) in [6.45, 7) is 4.67. The first kappa shape index (κ1) is 20.4. The van der Waals surface area contributed by atoms with Gasteiger partial charge in [-0.25, -0.2) is 4.98 Å². The van der Waals surface area contributed by atoms with Gasteiger partial charge in [0.25, 0.3) is 0 Å². The SMILES string of the molecule is CCn1c(SCC(=O)NCC(=O)Nc2ccc(Br)cc2C)nc2ccccc21. The molecule has 0 unspecified atom stereocenters. The van der Waals surface area contributed by atoms with E-state index in [0.29, 0.717) is 0 Å². The van der Waals surface area contributed by atoms with Crippen molar-refractivity contribution in [3.63, 3.8) is 0 Å². The quantitative estimate of drug-likeness (QED) is 0.522. The summed E-state index contributed by atoms with van der Waals surface area (Å²) in [5.74, 6) is -0.263. The molecular formula is C20H21BrN4O2S. The molecule has 2 aromatic carbocycles. The summed E-state index contributed by atoms with van der Waals surface area (Å²) in [5, 5.41) is 6.26. The Morgan fingerprint density at radius 1 is 1.18 bits per heavy atom. The number of halogens is 1. The van der Waals surface area contributed by atoms with Gasteiger partial charge < -0.3 is 15.2 Å². The van der Waals surface area contributed by atoms with Crippen LogP contribution in [0.4, 0.5) is 5.69 Å². The van der Waals surface area contributed by atoms with Crippen molar-refractivity contribution in [1.82, 2.24) is 14.9 Å². The average Bonchev–Trinajstić information content (AvgIpc) is 3.04. The molecule has 0 atom stereocenters. The predicted octanol–water partition coefficient (Wildman–Crippen LogP) is 3.97. The fourth-order valence-electron chi connectivity index (χ4n) is 2.79. The fraction of sp³-hybridized carbons (Fsp3) is 0.250. The standard InChI is InChI=1S/C20H21BrN4O2S/c1-3-25-17-7-5-4-6-16(17)24-20(25)28-12-19(27)22-11-18(26)23-15-9-8-14(21)10-13(15)2/h4-10H,3,11-12H2,1-2H3,(H,22,27)(H,23,26). The number of benzene rings is 2. The Balaban J connectivity index is 1.51. The lowest BCUT2D eigenvalue weighted by molar-refractivity contribution is -0.122. The van der Waals surface area contributed by atoms with Crippen LogP contribution in [0.15, 0.2) is 52.1 Å². The summed E-state index contributed by atoms with van der Waals surface area (Å²) in [6, 6.07) is 13.5. The Labute approximate surface area is 176 Å². The Bertz CT molecular complexity index is 1020. The Morgan fingerprint density at radius 2 is 1.96 bits per heavy atom. The number of rotatable bonds is 7. The number of thioether (sulfide) groups is 1. The summed E-state index contributed by atoms with van der Waals surface area (Å²) in [6.07, 6.45) is 0. The molecule has 0 fully saturated rings. The number of imidazole rings is 1. The number of anilines is 1. The van der Waals surface area contributed by atoms with Crippen LogP contribution in [0.2, 0.25) is 0 Å². The number of para-hydroxylation sites is 2. The number of fused-ring (bicyclic) bond motifs is 1. The highest BCUT2D eigenvalue weighted by Crippen LogP contribution is 2.24. The molecular weight excluding hydrogens is 440 g/mol. The van der Waals surface area contributed by atoms with Crippen LogP contribution in [0.5, 0.6) is 0 Å². The van der Waals surface area contributed by atoms with Gasteiger partial charge in [-0.15, -0.1) is 0 Å². The molecule has 0 saturated carbocycles. The van der Waals surface area contributed by atoms with Gasteiger partial charge in [-0.3, -0.25) is 9.59 Å². The van der Waals surface area contributed by atoms with Gasteiger partial charge in [-0.2, -0.15) is 0 Å². The second kappa shape index (κ2) is 9.25. The van der Waals surface area contributed by atoms with E-state index in [1.807, 2.05) is 56.3 Å². The molecule has 0 aliphatic rings. The van der Waals surface area contributed by atoms with Crippen molar-refractivity contribution < 1.29 is 9.59 Å². The zero-order chi connectivity index (χ0) is 20.1. The minimum Gasteiger partial charge on any atom is -0.346 e. The minimum atomic E-state index is -0.260. The van der Waals surface area contributed by atoms with Crippen molar-refractivity contribution >= 4 is 56.2 Å². The van der Waals surface area contributed by atoms with Crippen LogP contribution >= 0.6 is 27.7 Å². The van der Waals surface area contributed by atoms with Crippen molar-refractivity contribution in [2.75, 3.05) is 17.6 Å². The van der Waals surface area contributed by atoms with Crippen LogP contribution in [-0.4, -0.2) is 33.7 Å². The van der Waals surface area contributed by atoms with Gasteiger partial charge in [0.05, 0.1) is 23.3 Å². The van der Waals surface area contributed by atoms with Crippen molar-refractivity contribution in [2.24, 2.45) is 0 Å². The molecule has 3 aromatic rings. The molecule has 0 radical (unpaired) electrons. The Hall–Kier alpha value is -2.32. The normalized spacial score (nSPS) is 10.8. The molecule has 3 rings (SSSR count). The molecule has 2 amide bonds. The van der Waals surface area contributed by atoms with E-state index in [0.717, 1.165) is 38.5 Å². The zero-order valence-corrected chi connectivity index (χ0v) is 18.1. The van der Waals surface area contributed by atoms with E-state index < -0.39 is 0 Å². The first-order chi connectivity index (χ1) is 13.5. The maximum absolute atomic E-state index is 12.1.